The van der Waals surface area contributed by atoms with Crippen molar-refractivity contribution in [2.24, 2.45) is 0 Å². The van der Waals surface area contributed by atoms with E-state index >= 15 is 0 Å². The van der Waals surface area contributed by atoms with Crippen molar-refractivity contribution < 1.29 is 23.0 Å². The first-order chi connectivity index (χ1) is 11.1. The third kappa shape index (κ3) is 3.79. The predicted octanol–water partition coefficient (Wildman–Crippen LogP) is 5.03. The zero-order valence-electron chi connectivity index (χ0n) is 11.5. The molecule has 0 amide bonds. The lowest BCUT2D eigenvalue weighted by molar-refractivity contribution is -0.392. The first-order valence-electron chi connectivity index (χ1n) is 6.16. The number of anilines is 2. The molecular formula is C13H7BrF3N3O4. The SMILES string of the molecule is O=[N+]([O-])c1cc(C(F)(F)F)cc([N+](=O)[O-])c1Nc1cccc(Br)c1. The van der Waals surface area contributed by atoms with Gasteiger partial charge in [0.05, 0.1) is 15.4 Å². The second kappa shape index (κ2) is 6.43. The molecule has 0 atom stereocenters. The molecule has 0 bridgehead atoms. The zero-order valence-corrected chi connectivity index (χ0v) is 13.1. The van der Waals surface area contributed by atoms with Crippen LogP contribution in [0.1, 0.15) is 5.56 Å². The van der Waals surface area contributed by atoms with Gasteiger partial charge in [-0.25, -0.2) is 0 Å². The van der Waals surface area contributed by atoms with Gasteiger partial charge in [0.2, 0.25) is 0 Å². The molecule has 126 valence electrons. The number of halogens is 4. The number of alkyl halides is 3. The summed E-state index contributed by atoms with van der Waals surface area (Å²) in [4.78, 5) is 20.0. The van der Waals surface area contributed by atoms with Crippen molar-refractivity contribution in [3.05, 3.63) is 66.7 Å². The van der Waals surface area contributed by atoms with Crippen molar-refractivity contribution >= 4 is 38.7 Å². The van der Waals surface area contributed by atoms with Gasteiger partial charge >= 0.3 is 6.18 Å². The molecule has 2 aromatic rings. The molecule has 2 aromatic carbocycles. The molecule has 0 saturated heterocycles. The van der Waals surface area contributed by atoms with Crippen LogP contribution >= 0.6 is 15.9 Å². The van der Waals surface area contributed by atoms with E-state index in [-0.39, 0.29) is 17.8 Å². The fourth-order valence-corrected chi connectivity index (χ4v) is 2.30. The van der Waals surface area contributed by atoms with Gasteiger partial charge < -0.3 is 5.32 Å². The fraction of sp³-hybridized carbons (Fsp3) is 0.0769. The third-order valence-electron chi connectivity index (χ3n) is 2.91. The number of hydrogen-bond acceptors (Lipinski definition) is 5. The van der Waals surface area contributed by atoms with Gasteiger partial charge in [0.1, 0.15) is 0 Å². The van der Waals surface area contributed by atoms with Crippen molar-refractivity contribution in [2.45, 2.75) is 6.18 Å². The summed E-state index contributed by atoms with van der Waals surface area (Å²) in [6.07, 6.45) is -4.95. The Morgan fingerprint density at radius 3 is 1.96 bits per heavy atom. The van der Waals surface area contributed by atoms with E-state index in [2.05, 4.69) is 21.2 Å². The Labute approximate surface area is 140 Å². The van der Waals surface area contributed by atoms with E-state index in [4.69, 9.17) is 0 Å². The Kier molecular flexibility index (Phi) is 4.73. The molecule has 0 aliphatic rings. The zero-order chi connectivity index (χ0) is 18.1. The first kappa shape index (κ1) is 17.7. The lowest BCUT2D eigenvalue weighted by Gasteiger charge is -2.11. The molecule has 24 heavy (non-hydrogen) atoms. The van der Waals surface area contributed by atoms with Crippen LogP contribution in [-0.2, 0) is 6.18 Å². The molecule has 0 fully saturated rings. The average Bonchev–Trinajstić information content (AvgIpc) is 2.45. The van der Waals surface area contributed by atoms with Crippen LogP contribution in [0.15, 0.2) is 40.9 Å². The van der Waals surface area contributed by atoms with Crippen molar-refractivity contribution in [3.8, 4) is 0 Å². The molecule has 0 aliphatic heterocycles. The second-order valence-corrected chi connectivity index (χ2v) is 5.45. The molecule has 2 rings (SSSR count). The Balaban J connectivity index is 2.68. The lowest BCUT2D eigenvalue weighted by atomic mass is 10.1. The summed E-state index contributed by atoms with van der Waals surface area (Å²) in [5.41, 5.74) is -3.96. The summed E-state index contributed by atoms with van der Waals surface area (Å²) in [6, 6.07) is 6.62. The van der Waals surface area contributed by atoms with Gasteiger partial charge in [0.25, 0.3) is 11.4 Å². The molecular weight excluding hydrogens is 399 g/mol. The highest BCUT2D eigenvalue weighted by molar-refractivity contribution is 9.10. The number of nitrogens with one attached hydrogen (secondary N) is 1. The fourth-order valence-electron chi connectivity index (χ4n) is 1.90. The number of hydrogen-bond donors (Lipinski definition) is 1. The minimum atomic E-state index is -4.95. The third-order valence-corrected chi connectivity index (χ3v) is 3.40. The van der Waals surface area contributed by atoms with Crippen molar-refractivity contribution in [1.29, 1.82) is 0 Å². The van der Waals surface area contributed by atoms with Gasteiger partial charge in [-0.15, -0.1) is 0 Å². The summed E-state index contributed by atoms with van der Waals surface area (Å²) < 4.78 is 39.0. The highest BCUT2D eigenvalue weighted by Crippen LogP contribution is 2.42. The number of nitro benzene ring substituents is 2. The van der Waals surface area contributed by atoms with E-state index in [9.17, 15) is 33.4 Å². The maximum absolute atomic E-state index is 12.8. The molecule has 1 N–H and O–H groups in total. The molecule has 0 spiro atoms. The Bertz CT molecular complexity index is 791. The van der Waals surface area contributed by atoms with Crippen molar-refractivity contribution in [2.75, 3.05) is 5.32 Å². The van der Waals surface area contributed by atoms with E-state index < -0.39 is 38.6 Å². The van der Waals surface area contributed by atoms with Crippen LogP contribution in [0.5, 0.6) is 0 Å². The largest absolute Gasteiger partial charge is 0.416 e. The van der Waals surface area contributed by atoms with E-state index in [0.29, 0.717) is 4.47 Å². The molecule has 0 aromatic heterocycles. The topological polar surface area (TPSA) is 98.3 Å². The Morgan fingerprint density at radius 2 is 1.54 bits per heavy atom. The van der Waals surface area contributed by atoms with Crippen molar-refractivity contribution in [3.63, 3.8) is 0 Å². The number of benzene rings is 2. The highest BCUT2D eigenvalue weighted by Gasteiger charge is 2.37. The van der Waals surface area contributed by atoms with E-state index in [1.165, 1.54) is 12.1 Å². The molecule has 11 heteroatoms. The number of nitro groups is 2. The summed E-state index contributed by atoms with van der Waals surface area (Å²) in [6.45, 7) is 0. The monoisotopic (exact) mass is 405 g/mol. The lowest BCUT2D eigenvalue weighted by Crippen LogP contribution is -2.09. The van der Waals surface area contributed by atoms with Crippen LogP contribution in [0.4, 0.5) is 35.9 Å². The molecule has 0 radical (unpaired) electrons. The first-order valence-corrected chi connectivity index (χ1v) is 6.95. The van der Waals surface area contributed by atoms with Crippen LogP contribution in [0.2, 0.25) is 0 Å². The number of rotatable bonds is 4. The smallest absolute Gasteiger partial charge is 0.344 e. The normalized spacial score (nSPS) is 11.2. The minimum absolute atomic E-state index is 0.232. The Hall–Kier alpha value is -2.69. The maximum atomic E-state index is 12.8. The van der Waals surface area contributed by atoms with Gasteiger partial charge in [-0.3, -0.25) is 20.2 Å². The quantitative estimate of drug-likeness (QED) is 0.568. The van der Waals surface area contributed by atoms with E-state index in [1.807, 2.05) is 0 Å². The molecule has 0 saturated carbocycles. The summed E-state index contributed by atoms with van der Waals surface area (Å²) in [5, 5.41) is 24.6. The van der Waals surface area contributed by atoms with Gasteiger partial charge in [0, 0.05) is 22.3 Å². The van der Waals surface area contributed by atoms with Crippen LogP contribution in [-0.4, -0.2) is 9.85 Å². The number of nitrogens with zero attached hydrogens (tertiary/aromatic N) is 2. The van der Waals surface area contributed by atoms with Gasteiger partial charge in [-0.2, -0.15) is 13.2 Å². The summed E-state index contributed by atoms with van der Waals surface area (Å²) >= 11 is 3.15. The van der Waals surface area contributed by atoms with Crippen LogP contribution < -0.4 is 5.32 Å². The molecule has 0 heterocycles. The van der Waals surface area contributed by atoms with Gasteiger partial charge in [-0.05, 0) is 18.2 Å². The molecule has 0 unspecified atom stereocenters. The Morgan fingerprint density at radius 1 is 1.00 bits per heavy atom. The molecule has 0 aliphatic carbocycles. The standard InChI is InChI=1S/C13H7BrF3N3O4/c14-8-2-1-3-9(6-8)18-12-10(19(21)22)4-7(13(15,16)17)5-11(12)20(23)24/h1-6,18H. The average molecular weight is 406 g/mol. The van der Waals surface area contributed by atoms with Crippen molar-refractivity contribution in [1.82, 2.24) is 0 Å². The van der Waals surface area contributed by atoms with Crippen LogP contribution in [0.25, 0.3) is 0 Å². The second-order valence-electron chi connectivity index (χ2n) is 4.54. The molecule has 7 nitrogen and oxygen atoms in total. The summed E-state index contributed by atoms with van der Waals surface area (Å²) in [7, 11) is 0. The van der Waals surface area contributed by atoms with E-state index in [0.717, 1.165) is 0 Å². The predicted molar refractivity (Wildman–Crippen MR) is 82.2 cm³/mol. The highest BCUT2D eigenvalue weighted by atomic mass is 79.9. The summed E-state index contributed by atoms with van der Waals surface area (Å²) in [5.74, 6) is 0. The maximum Gasteiger partial charge on any atom is 0.416 e. The van der Waals surface area contributed by atoms with Crippen LogP contribution in [0, 0.1) is 20.2 Å². The van der Waals surface area contributed by atoms with E-state index in [1.54, 1.807) is 12.1 Å². The minimum Gasteiger partial charge on any atom is -0.344 e. The van der Waals surface area contributed by atoms with Gasteiger partial charge in [0.15, 0.2) is 5.69 Å². The van der Waals surface area contributed by atoms with Gasteiger partial charge in [-0.1, -0.05) is 22.0 Å². The van der Waals surface area contributed by atoms with Crippen LogP contribution in [0.3, 0.4) is 0 Å².